The molecule has 1 aromatic carbocycles. The van der Waals surface area contributed by atoms with Crippen molar-refractivity contribution in [3.63, 3.8) is 0 Å². The number of hydrogen-bond donors (Lipinski definition) is 1. The highest BCUT2D eigenvalue weighted by Crippen LogP contribution is 2.28. The van der Waals surface area contributed by atoms with E-state index in [-0.39, 0.29) is 0 Å². The third kappa shape index (κ3) is 5.10. The van der Waals surface area contributed by atoms with Gasteiger partial charge in [0.2, 0.25) is 0 Å². The summed E-state index contributed by atoms with van der Waals surface area (Å²) in [5.74, 6) is 0. The smallest absolute Gasteiger partial charge is 0.0868 e. The van der Waals surface area contributed by atoms with E-state index in [1.54, 1.807) is 0 Å². The van der Waals surface area contributed by atoms with Gasteiger partial charge in [-0.15, -0.1) is 0 Å². The van der Waals surface area contributed by atoms with Crippen molar-refractivity contribution < 1.29 is 5.11 Å². The lowest BCUT2D eigenvalue weighted by molar-refractivity contribution is 0.0448. The minimum atomic E-state index is -0.725. The molecule has 0 bridgehead atoms. The topological polar surface area (TPSA) is 20.2 Å². The second-order valence-electron chi connectivity index (χ2n) is 4.94. The van der Waals surface area contributed by atoms with E-state index in [0.717, 1.165) is 18.4 Å². The van der Waals surface area contributed by atoms with Crippen molar-refractivity contribution in [2.45, 2.75) is 58.0 Å². The standard InChI is InChI=1S/C15H23ClO/c1-3-4-5-6-7-12-15(2,17)13-8-10-14(16)11-9-13/h8-11,17H,3-7,12H2,1-2H3. The number of halogens is 1. The van der Waals surface area contributed by atoms with E-state index in [1.807, 2.05) is 31.2 Å². The van der Waals surface area contributed by atoms with E-state index in [1.165, 1.54) is 25.7 Å². The molecule has 0 aliphatic carbocycles. The molecule has 2 heteroatoms. The molecule has 1 atom stereocenters. The van der Waals surface area contributed by atoms with E-state index in [4.69, 9.17) is 11.6 Å². The summed E-state index contributed by atoms with van der Waals surface area (Å²) in [6.07, 6.45) is 6.93. The van der Waals surface area contributed by atoms with Gasteiger partial charge in [-0.3, -0.25) is 0 Å². The Balaban J connectivity index is 2.42. The minimum absolute atomic E-state index is 0.715. The van der Waals surface area contributed by atoms with E-state index >= 15 is 0 Å². The van der Waals surface area contributed by atoms with Crippen molar-refractivity contribution in [1.29, 1.82) is 0 Å². The molecule has 17 heavy (non-hydrogen) atoms. The zero-order valence-electron chi connectivity index (χ0n) is 10.9. The Hall–Kier alpha value is -0.530. The highest BCUT2D eigenvalue weighted by atomic mass is 35.5. The number of unbranched alkanes of at least 4 members (excludes halogenated alkanes) is 4. The van der Waals surface area contributed by atoms with Gasteiger partial charge in [0.1, 0.15) is 0 Å². The third-order valence-electron chi connectivity index (χ3n) is 3.23. The van der Waals surface area contributed by atoms with Crippen molar-refractivity contribution in [2.24, 2.45) is 0 Å². The fraction of sp³-hybridized carbons (Fsp3) is 0.600. The Kier molecular flexibility index (Phi) is 6.01. The summed E-state index contributed by atoms with van der Waals surface area (Å²) in [5.41, 5.74) is 0.231. The Bertz CT molecular complexity index is 316. The second kappa shape index (κ2) is 7.03. The number of aliphatic hydroxyl groups is 1. The van der Waals surface area contributed by atoms with Crippen LogP contribution in [0.15, 0.2) is 24.3 Å². The number of hydrogen-bond acceptors (Lipinski definition) is 1. The monoisotopic (exact) mass is 254 g/mol. The van der Waals surface area contributed by atoms with E-state index < -0.39 is 5.60 Å². The number of benzene rings is 1. The largest absolute Gasteiger partial charge is 0.385 e. The first-order valence-electron chi connectivity index (χ1n) is 6.54. The van der Waals surface area contributed by atoms with E-state index in [9.17, 15) is 5.11 Å². The molecule has 1 unspecified atom stereocenters. The Morgan fingerprint density at radius 2 is 1.65 bits per heavy atom. The molecule has 0 aliphatic heterocycles. The highest BCUT2D eigenvalue weighted by molar-refractivity contribution is 6.30. The Morgan fingerprint density at radius 3 is 2.24 bits per heavy atom. The quantitative estimate of drug-likeness (QED) is 0.686. The maximum Gasteiger partial charge on any atom is 0.0868 e. The molecule has 0 aromatic heterocycles. The molecule has 0 amide bonds. The van der Waals surface area contributed by atoms with Crippen LogP contribution in [0.5, 0.6) is 0 Å². The van der Waals surface area contributed by atoms with Crippen LogP contribution in [0, 0.1) is 0 Å². The van der Waals surface area contributed by atoms with Crippen molar-refractivity contribution >= 4 is 11.6 Å². The van der Waals surface area contributed by atoms with Gasteiger partial charge in [-0.25, -0.2) is 0 Å². The normalized spacial score (nSPS) is 14.6. The molecule has 96 valence electrons. The molecule has 0 saturated heterocycles. The van der Waals surface area contributed by atoms with Crippen LogP contribution in [0.2, 0.25) is 5.02 Å². The summed E-state index contributed by atoms with van der Waals surface area (Å²) in [6, 6.07) is 7.49. The Labute approximate surface area is 110 Å². The fourth-order valence-corrected chi connectivity index (χ4v) is 2.15. The molecular formula is C15H23ClO. The lowest BCUT2D eigenvalue weighted by Gasteiger charge is -2.24. The summed E-state index contributed by atoms with van der Waals surface area (Å²) in [6.45, 7) is 4.10. The first-order chi connectivity index (χ1) is 8.06. The van der Waals surface area contributed by atoms with Gasteiger partial charge in [0.25, 0.3) is 0 Å². The van der Waals surface area contributed by atoms with Crippen LogP contribution in [-0.2, 0) is 5.60 Å². The average molecular weight is 255 g/mol. The van der Waals surface area contributed by atoms with Gasteiger partial charge in [-0.2, -0.15) is 0 Å². The molecule has 1 nitrogen and oxygen atoms in total. The highest BCUT2D eigenvalue weighted by Gasteiger charge is 2.21. The van der Waals surface area contributed by atoms with Crippen LogP contribution in [0.1, 0.15) is 57.9 Å². The summed E-state index contributed by atoms with van der Waals surface area (Å²) >= 11 is 5.84. The first kappa shape index (κ1) is 14.5. The van der Waals surface area contributed by atoms with Crippen molar-refractivity contribution in [1.82, 2.24) is 0 Å². The average Bonchev–Trinajstić information content (AvgIpc) is 2.29. The van der Waals surface area contributed by atoms with Gasteiger partial charge in [-0.05, 0) is 31.0 Å². The van der Waals surface area contributed by atoms with Crippen LogP contribution in [0.25, 0.3) is 0 Å². The zero-order valence-corrected chi connectivity index (χ0v) is 11.6. The number of rotatable bonds is 7. The van der Waals surface area contributed by atoms with Gasteiger partial charge in [-0.1, -0.05) is 62.8 Å². The summed E-state index contributed by atoms with van der Waals surface area (Å²) < 4.78 is 0. The maximum atomic E-state index is 10.4. The van der Waals surface area contributed by atoms with Crippen LogP contribution < -0.4 is 0 Å². The van der Waals surface area contributed by atoms with Crippen LogP contribution in [-0.4, -0.2) is 5.11 Å². The summed E-state index contributed by atoms with van der Waals surface area (Å²) in [4.78, 5) is 0. The first-order valence-corrected chi connectivity index (χ1v) is 6.92. The zero-order chi connectivity index (χ0) is 12.7. The molecule has 1 rings (SSSR count). The van der Waals surface area contributed by atoms with Gasteiger partial charge >= 0.3 is 0 Å². The van der Waals surface area contributed by atoms with Gasteiger partial charge in [0, 0.05) is 5.02 Å². The summed E-state index contributed by atoms with van der Waals surface area (Å²) in [7, 11) is 0. The van der Waals surface area contributed by atoms with E-state index in [0.29, 0.717) is 5.02 Å². The summed E-state index contributed by atoms with van der Waals surface area (Å²) in [5, 5.41) is 11.1. The SMILES string of the molecule is CCCCCCCC(C)(O)c1ccc(Cl)cc1. The third-order valence-corrected chi connectivity index (χ3v) is 3.49. The predicted molar refractivity (Wildman–Crippen MR) is 74.4 cm³/mol. The molecule has 0 aliphatic rings. The maximum absolute atomic E-state index is 10.4. The minimum Gasteiger partial charge on any atom is -0.385 e. The predicted octanol–water partition coefficient (Wildman–Crippen LogP) is 4.91. The van der Waals surface area contributed by atoms with E-state index in [2.05, 4.69) is 6.92 Å². The second-order valence-corrected chi connectivity index (χ2v) is 5.38. The fourth-order valence-electron chi connectivity index (χ4n) is 2.03. The van der Waals surface area contributed by atoms with Crippen LogP contribution in [0.3, 0.4) is 0 Å². The molecule has 0 heterocycles. The molecule has 1 aromatic rings. The molecule has 1 N–H and O–H groups in total. The van der Waals surface area contributed by atoms with Crippen molar-refractivity contribution in [2.75, 3.05) is 0 Å². The lowest BCUT2D eigenvalue weighted by Crippen LogP contribution is -2.20. The van der Waals surface area contributed by atoms with Crippen molar-refractivity contribution in [3.8, 4) is 0 Å². The molecule has 0 spiro atoms. The van der Waals surface area contributed by atoms with Gasteiger partial charge in [0.15, 0.2) is 0 Å². The molecule has 0 fully saturated rings. The molecule has 0 saturated carbocycles. The van der Waals surface area contributed by atoms with Crippen LogP contribution >= 0.6 is 11.6 Å². The van der Waals surface area contributed by atoms with Gasteiger partial charge < -0.3 is 5.11 Å². The Morgan fingerprint density at radius 1 is 1.06 bits per heavy atom. The van der Waals surface area contributed by atoms with Crippen molar-refractivity contribution in [3.05, 3.63) is 34.9 Å². The molecule has 0 radical (unpaired) electrons. The molecular weight excluding hydrogens is 232 g/mol. The lowest BCUT2D eigenvalue weighted by atomic mass is 9.90. The van der Waals surface area contributed by atoms with Crippen LogP contribution in [0.4, 0.5) is 0 Å². The van der Waals surface area contributed by atoms with Gasteiger partial charge in [0.05, 0.1) is 5.60 Å².